The van der Waals surface area contributed by atoms with E-state index in [2.05, 4.69) is 59.8 Å². The summed E-state index contributed by atoms with van der Waals surface area (Å²) in [7, 11) is 5.08. The van der Waals surface area contributed by atoms with Crippen LogP contribution >= 0.6 is 0 Å². The molecule has 30 heavy (non-hydrogen) atoms. The van der Waals surface area contributed by atoms with Gasteiger partial charge >= 0.3 is 17.1 Å². The quantitative estimate of drug-likeness (QED) is 0.173. The first-order valence-electron chi connectivity index (χ1n) is 9.59. The third-order valence-electron chi connectivity index (χ3n) is 3.43. The second kappa shape index (κ2) is 31.0. The summed E-state index contributed by atoms with van der Waals surface area (Å²) in [6.07, 6.45) is 9.43. The summed E-state index contributed by atoms with van der Waals surface area (Å²) in [6, 6.07) is 0. The molecule has 7 heteroatoms. The molecule has 0 aliphatic heterocycles. The van der Waals surface area contributed by atoms with Crippen LogP contribution in [0.3, 0.4) is 0 Å². The van der Waals surface area contributed by atoms with E-state index in [9.17, 15) is 0 Å². The van der Waals surface area contributed by atoms with E-state index in [0.29, 0.717) is 11.8 Å². The predicted molar refractivity (Wildman–Crippen MR) is 126 cm³/mol. The van der Waals surface area contributed by atoms with E-state index in [4.69, 9.17) is 26.0 Å². The standard InChI is InChI=1S/C14H26O2.C8H16O.CN.Cu.2Li/c1-11(2)7-9-13(15-5)14(16-6)10-8-12(3)4;1-7(2)5-6-8(3)9-4;1-2;;;/h9-12H,7-8H2,1-6H3;6-7H,5H2,1-4H3;;;;/q;;-1;+1;;/b13-9-,14-10-;8-6-;;;;. The molecular weight excluding hydrogens is 416 g/mol. The molecule has 0 unspecified atom stereocenters. The molecule has 0 N–H and O–H groups in total. The number of methoxy groups -OCH3 is 3. The Morgan fingerprint density at radius 1 is 0.667 bits per heavy atom. The van der Waals surface area contributed by atoms with Crippen molar-refractivity contribution in [2.75, 3.05) is 21.3 Å². The van der Waals surface area contributed by atoms with Crippen LogP contribution in [0, 0.1) is 29.6 Å². The Morgan fingerprint density at radius 2 is 0.933 bits per heavy atom. The minimum absolute atomic E-state index is 0. The summed E-state index contributed by atoms with van der Waals surface area (Å²) >= 11 is 0. The number of nitrogens with zero attached hydrogens (tertiary/aromatic N) is 1. The molecule has 0 aromatic carbocycles. The van der Waals surface area contributed by atoms with E-state index in [-0.39, 0.29) is 54.8 Å². The molecule has 0 amide bonds. The third-order valence-corrected chi connectivity index (χ3v) is 3.43. The Labute approximate surface area is 222 Å². The summed E-state index contributed by atoms with van der Waals surface area (Å²) < 4.78 is 15.7. The van der Waals surface area contributed by atoms with Crippen LogP contribution in [0.1, 0.15) is 67.7 Å². The topological polar surface area (TPSA) is 51.5 Å². The fraction of sp³-hybridized carbons (Fsp3) is 0.696. The van der Waals surface area contributed by atoms with Gasteiger partial charge in [0.1, 0.15) is 0 Å². The van der Waals surface area contributed by atoms with E-state index >= 15 is 0 Å². The fourth-order valence-electron chi connectivity index (χ4n) is 1.74. The largest absolute Gasteiger partial charge is 1.00 e. The van der Waals surface area contributed by atoms with E-state index in [0.717, 1.165) is 42.5 Å². The minimum atomic E-state index is 0. The van der Waals surface area contributed by atoms with Crippen molar-refractivity contribution >= 4 is 37.7 Å². The van der Waals surface area contributed by atoms with Gasteiger partial charge in [-0.1, -0.05) is 41.5 Å². The molecule has 0 aliphatic carbocycles. The predicted octanol–water partition coefficient (Wildman–Crippen LogP) is 6.05. The average Bonchev–Trinajstić information content (AvgIpc) is 2.64. The van der Waals surface area contributed by atoms with Gasteiger partial charge in [-0.3, -0.25) is 0 Å². The molecule has 0 rings (SSSR count). The van der Waals surface area contributed by atoms with Crippen molar-refractivity contribution in [1.29, 1.82) is 5.26 Å². The van der Waals surface area contributed by atoms with E-state index in [1.54, 1.807) is 21.3 Å². The van der Waals surface area contributed by atoms with Gasteiger partial charge in [0.05, 0.1) is 27.1 Å². The minimum Gasteiger partial charge on any atom is -0.512 e. The summed E-state index contributed by atoms with van der Waals surface area (Å²) in [5, 5.41) is 6.25. The normalized spacial score (nSPS) is 11.0. The van der Waals surface area contributed by atoms with Gasteiger partial charge in [-0.15, -0.1) is 0 Å². The van der Waals surface area contributed by atoms with Crippen molar-refractivity contribution in [3.05, 3.63) is 42.1 Å². The van der Waals surface area contributed by atoms with Gasteiger partial charge in [0.25, 0.3) is 0 Å². The van der Waals surface area contributed by atoms with E-state index in [1.165, 1.54) is 0 Å². The molecule has 0 heterocycles. The van der Waals surface area contributed by atoms with Gasteiger partial charge in [0, 0.05) is 37.7 Å². The molecule has 4 nitrogen and oxygen atoms in total. The Morgan fingerprint density at radius 3 is 1.13 bits per heavy atom. The smallest absolute Gasteiger partial charge is 0.512 e. The van der Waals surface area contributed by atoms with Crippen LogP contribution in [-0.2, 0) is 31.3 Å². The van der Waals surface area contributed by atoms with Crippen LogP contribution in [-0.4, -0.2) is 59.1 Å². The van der Waals surface area contributed by atoms with Crippen molar-refractivity contribution in [3.8, 4) is 0 Å². The molecule has 2 radical (unpaired) electrons. The number of rotatable bonds is 10. The van der Waals surface area contributed by atoms with Crippen LogP contribution in [0.25, 0.3) is 0 Å². The molecule has 0 aliphatic rings. The zero-order chi connectivity index (χ0) is 21.8. The number of hydrogen-bond acceptors (Lipinski definition) is 4. The molecule has 170 valence electrons. The fourth-order valence-corrected chi connectivity index (χ4v) is 1.74. The van der Waals surface area contributed by atoms with Crippen molar-refractivity contribution in [3.63, 3.8) is 0 Å². The maximum Gasteiger partial charge on any atom is 1.00 e. The van der Waals surface area contributed by atoms with Gasteiger partial charge < -0.3 is 26.0 Å². The molecule has 0 fully saturated rings. The van der Waals surface area contributed by atoms with Gasteiger partial charge in [0.15, 0.2) is 11.5 Å². The maximum absolute atomic E-state index is 6.25. The third kappa shape index (κ3) is 32.5. The Balaban J connectivity index is -0.0000000893. The Hall–Kier alpha value is -0.176. The molecule has 0 saturated heterocycles. The summed E-state index contributed by atoms with van der Waals surface area (Å²) in [4.78, 5) is 0. The first-order valence-corrected chi connectivity index (χ1v) is 9.59. The first-order chi connectivity index (χ1) is 12.7. The number of hydrogen-bond donors (Lipinski definition) is 0. The van der Waals surface area contributed by atoms with Gasteiger partial charge in [-0.2, -0.15) is 0 Å². The summed E-state index contributed by atoms with van der Waals surface area (Å²) in [6.45, 7) is 19.9. The number of ether oxygens (including phenoxy) is 3. The van der Waals surface area contributed by atoms with E-state index in [1.807, 2.05) is 6.92 Å². The first kappa shape index (κ1) is 43.7. The zero-order valence-corrected chi connectivity index (χ0v) is 22.5. The van der Waals surface area contributed by atoms with Crippen LogP contribution in [0.15, 0.2) is 35.5 Å². The van der Waals surface area contributed by atoms with Crippen LogP contribution < -0.4 is 0 Å². The van der Waals surface area contributed by atoms with Crippen molar-refractivity contribution in [2.24, 2.45) is 17.8 Å². The summed E-state index contributed by atoms with van der Waals surface area (Å²) in [5.41, 5.74) is 0. The zero-order valence-electron chi connectivity index (χ0n) is 21.6. The van der Waals surface area contributed by atoms with Crippen LogP contribution in [0.5, 0.6) is 0 Å². The molecule has 0 atom stereocenters. The summed E-state index contributed by atoms with van der Waals surface area (Å²) in [5.74, 6) is 4.70. The van der Waals surface area contributed by atoms with Gasteiger partial charge in [-0.25, -0.2) is 0 Å². The molecular formula is C23H42CuLi2NO3. The van der Waals surface area contributed by atoms with Crippen LogP contribution in [0.2, 0.25) is 0 Å². The van der Waals surface area contributed by atoms with Crippen LogP contribution in [0.4, 0.5) is 0 Å². The monoisotopic (exact) mass is 457 g/mol. The molecule has 0 aromatic rings. The van der Waals surface area contributed by atoms with Crippen molar-refractivity contribution in [2.45, 2.75) is 67.7 Å². The second-order valence-electron chi connectivity index (χ2n) is 7.45. The average molecular weight is 458 g/mol. The maximum atomic E-state index is 6.25. The number of allylic oxidation sites excluding steroid dienone is 4. The molecule has 0 spiro atoms. The Kier molecular flexibility index (Phi) is 45.1. The molecule has 0 aromatic heterocycles. The molecule has 0 saturated carbocycles. The second-order valence-corrected chi connectivity index (χ2v) is 7.45. The van der Waals surface area contributed by atoms with Crippen molar-refractivity contribution in [1.82, 2.24) is 0 Å². The molecule has 0 bridgehead atoms. The van der Waals surface area contributed by atoms with Gasteiger partial charge in [0.2, 0.25) is 0 Å². The SMILES string of the molecule is CO/C(C)=C\CC(C)C.COC(=C\CC(C)C)/C(=C/CC(C)C)OC.[C-]#N.[Cu+].[Li].[Li]. The Bertz CT molecular complexity index is 435. The van der Waals surface area contributed by atoms with Crippen molar-refractivity contribution < 1.29 is 31.3 Å². The van der Waals surface area contributed by atoms with Gasteiger partial charge in [-0.05, 0) is 62.2 Å². The van der Waals surface area contributed by atoms with E-state index < -0.39 is 0 Å².